The SMILES string of the molecule is CCCNC(=O)CN(C)C(=O)N1CCCC1. The molecule has 1 N–H and O–H groups in total. The molecule has 0 atom stereocenters. The minimum Gasteiger partial charge on any atom is -0.355 e. The van der Waals surface area contributed by atoms with Crippen molar-refractivity contribution in [2.75, 3.05) is 33.2 Å². The molecule has 92 valence electrons. The quantitative estimate of drug-likeness (QED) is 0.767. The number of rotatable bonds is 4. The van der Waals surface area contributed by atoms with E-state index in [0.717, 1.165) is 32.4 Å². The van der Waals surface area contributed by atoms with Crippen molar-refractivity contribution in [1.82, 2.24) is 15.1 Å². The lowest BCUT2D eigenvalue weighted by Crippen LogP contribution is -2.44. The van der Waals surface area contributed by atoms with Crippen LogP contribution in [0.25, 0.3) is 0 Å². The van der Waals surface area contributed by atoms with Gasteiger partial charge in [0.15, 0.2) is 0 Å². The number of hydrogen-bond donors (Lipinski definition) is 1. The van der Waals surface area contributed by atoms with Crippen LogP contribution in [0.3, 0.4) is 0 Å². The second-order valence-electron chi connectivity index (χ2n) is 4.18. The van der Waals surface area contributed by atoms with Crippen LogP contribution in [0.5, 0.6) is 0 Å². The van der Waals surface area contributed by atoms with E-state index in [0.29, 0.717) is 6.54 Å². The minimum atomic E-state index is -0.0862. The lowest BCUT2D eigenvalue weighted by atomic mass is 10.4. The lowest BCUT2D eigenvalue weighted by molar-refractivity contribution is -0.121. The van der Waals surface area contributed by atoms with E-state index in [4.69, 9.17) is 0 Å². The van der Waals surface area contributed by atoms with Crippen molar-refractivity contribution in [3.63, 3.8) is 0 Å². The maximum absolute atomic E-state index is 11.8. The van der Waals surface area contributed by atoms with Gasteiger partial charge in [0.2, 0.25) is 5.91 Å². The van der Waals surface area contributed by atoms with Crippen LogP contribution in [0.15, 0.2) is 0 Å². The summed E-state index contributed by atoms with van der Waals surface area (Å²) in [5.41, 5.74) is 0. The fourth-order valence-electron chi connectivity index (χ4n) is 1.75. The number of nitrogens with one attached hydrogen (secondary N) is 1. The van der Waals surface area contributed by atoms with Gasteiger partial charge in [-0.3, -0.25) is 4.79 Å². The first-order valence-corrected chi connectivity index (χ1v) is 5.92. The predicted octanol–water partition coefficient (Wildman–Crippen LogP) is 0.660. The molecular formula is C11H21N3O2. The Morgan fingerprint density at radius 1 is 1.31 bits per heavy atom. The van der Waals surface area contributed by atoms with Crippen molar-refractivity contribution >= 4 is 11.9 Å². The van der Waals surface area contributed by atoms with Gasteiger partial charge in [-0.2, -0.15) is 0 Å². The smallest absolute Gasteiger partial charge is 0.320 e. The first-order valence-electron chi connectivity index (χ1n) is 5.92. The molecule has 0 aromatic carbocycles. The molecule has 1 aliphatic rings. The van der Waals surface area contributed by atoms with Gasteiger partial charge in [-0.25, -0.2) is 4.79 Å². The van der Waals surface area contributed by atoms with Gasteiger partial charge >= 0.3 is 6.03 Å². The van der Waals surface area contributed by atoms with E-state index in [2.05, 4.69) is 5.32 Å². The highest BCUT2D eigenvalue weighted by atomic mass is 16.2. The monoisotopic (exact) mass is 227 g/mol. The molecule has 5 heteroatoms. The van der Waals surface area contributed by atoms with Gasteiger partial charge in [0.1, 0.15) is 6.54 Å². The summed E-state index contributed by atoms with van der Waals surface area (Å²) in [5, 5.41) is 2.76. The Balaban J connectivity index is 2.30. The molecule has 1 fully saturated rings. The first-order chi connectivity index (χ1) is 7.65. The second kappa shape index (κ2) is 6.35. The van der Waals surface area contributed by atoms with Crippen LogP contribution in [0.4, 0.5) is 4.79 Å². The molecule has 0 bridgehead atoms. The van der Waals surface area contributed by atoms with Crippen LogP contribution in [-0.4, -0.2) is 55.0 Å². The molecule has 1 heterocycles. The Morgan fingerprint density at radius 2 is 1.94 bits per heavy atom. The zero-order valence-electron chi connectivity index (χ0n) is 10.2. The Hall–Kier alpha value is -1.26. The maximum Gasteiger partial charge on any atom is 0.320 e. The molecule has 5 nitrogen and oxygen atoms in total. The summed E-state index contributed by atoms with van der Waals surface area (Å²) >= 11 is 0. The number of likely N-dealkylation sites (N-methyl/N-ethyl adjacent to an activating group) is 1. The molecule has 1 rings (SSSR count). The zero-order valence-corrected chi connectivity index (χ0v) is 10.2. The van der Waals surface area contributed by atoms with Crippen LogP contribution in [0.2, 0.25) is 0 Å². The first kappa shape index (κ1) is 12.8. The number of amides is 3. The van der Waals surface area contributed by atoms with Gasteiger partial charge < -0.3 is 15.1 Å². The van der Waals surface area contributed by atoms with Crippen LogP contribution in [0.1, 0.15) is 26.2 Å². The van der Waals surface area contributed by atoms with E-state index in [1.165, 1.54) is 4.90 Å². The highest BCUT2D eigenvalue weighted by molar-refractivity contribution is 5.83. The number of carbonyl (C=O) groups excluding carboxylic acids is 2. The Kier molecular flexibility index (Phi) is 5.08. The molecule has 0 radical (unpaired) electrons. The van der Waals surface area contributed by atoms with Crippen molar-refractivity contribution in [2.24, 2.45) is 0 Å². The molecule has 16 heavy (non-hydrogen) atoms. The van der Waals surface area contributed by atoms with Crippen molar-refractivity contribution in [1.29, 1.82) is 0 Å². The highest BCUT2D eigenvalue weighted by Crippen LogP contribution is 2.09. The topological polar surface area (TPSA) is 52.7 Å². The Labute approximate surface area is 96.8 Å². The number of carbonyl (C=O) groups is 2. The van der Waals surface area contributed by atoms with Gasteiger partial charge in [0, 0.05) is 26.7 Å². The van der Waals surface area contributed by atoms with Crippen molar-refractivity contribution < 1.29 is 9.59 Å². The van der Waals surface area contributed by atoms with E-state index >= 15 is 0 Å². The van der Waals surface area contributed by atoms with Crippen molar-refractivity contribution in [3.05, 3.63) is 0 Å². The van der Waals surface area contributed by atoms with Gasteiger partial charge in [0.25, 0.3) is 0 Å². The van der Waals surface area contributed by atoms with E-state index in [1.54, 1.807) is 11.9 Å². The van der Waals surface area contributed by atoms with Crippen LogP contribution in [0, 0.1) is 0 Å². The number of hydrogen-bond acceptors (Lipinski definition) is 2. The predicted molar refractivity (Wildman–Crippen MR) is 62.1 cm³/mol. The summed E-state index contributed by atoms with van der Waals surface area (Å²) in [5.74, 6) is -0.0862. The molecule has 0 saturated carbocycles. The van der Waals surface area contributed by atoms with E-state index in [9.17, 15) is 9.59 Å². The third-order valence-electron chi connectivity index (χ3n) is 2.66. The molecular weight excluding hydrogens is 206 g/mol. The Morgan fingerprint density at radius 3 is 2.50 bits per heavy atom. The minimum absolute atomic E-state index is 0.0378. The third kappa shape index (κ3) is 3.72. The molecule has 3 amide bonds. The van der Waals surface area contributed by atoms with Gasteiger partial charge in [0.05, 0.1) is 0 Å². The molecule has 1 aliphatic heterocycles. The molecule has 0 spiro atoms. The molecule has 1 saturated heterocycles. The summed E-state index contributed by atoms with van der Waals surface area (Å²) in [6.45, 7) is 4.46. The normalized spacial score (nSPS) is 15.0. The number of likely N-dealkylation sites (tertiary alicyclic amines) is 1. The fourth-order valence-corrected chi connectivity index (χ4v) is 1.75. The highest BCUT2D eigenvalue weighted by Gasteiger charge is 2.22. The Bertz CT molecular complexity index is 250. The van der Waals surface area contributed by atoms with Crippen molar-refractivity contribution in [2.45, 2.75) is 26.2 Å². The van der Waals surface area contributed by atoms with E-state index in [-0.39, 0.29) is 18.5 Å². The number of nitrogens with zero attached hydrogens (tertiary/aromatic N) is 2. The maximum atomic E-state index is 11.8. The molecule has 0 unspecified atom stereocenters. The summed E-state index contributed by atoms with van der Waals surface area (Å²) in [6, 6.07) is -0.0378. The standard InChI is InChI=1S/C11H21N3O2/c1-3-6-12-10(15)9-13(2)11(16)14-7-4-5-8-14/h3-9H2,1-2H3,(H,12,15). The summed E-state index contributed by atoms with van der Waals surface area (Å²) in [4.78, 5) is 26.5. The van der Waals surface area contributed by atoms with Crippen LogP contribution in [-0.2, 0) is 4.79 Å². The van der Waals surface area contributed by atoms with Gasteiger partial charge in [-0.15, -0.1) is 0 Å². The van der Waals surface area contributed by atoms with Gasteiger partial charge in [-0.05, 0) is 19.3 Å². The van der Waals surface area contributed by atoms with Crippen LogP contribution >= 0.6 is 0 Å². The molecule has 0 aliphatic carbocycles. The van der Waals surface area contributed by atoms with E-state index < -0.39 is 0 Å². The summed E-state index contributed by atoms with van der Waals surface area (Å²) in [7, 11) is 1.67. The summed E-state index contributed by atoms with van der Waals surface area (Å²) in [6.07, 6.45) is 3.05. The number of urea groups is 1. The van der Waals surface area contributed by atoms with Crippen molar-refractivity contribution in [3.8, 4) is 0 Å². The zero-order chi connectivity index (χ0) is 12.0. The second-order valence-corrected chi connectivity index (χ2v) is 4.18. The lowest BCUT2D eigenvalue weighted by Gasteiger charge is -2.23. The van der Waals surface area contributed by atoms with Gasteiger partial charge in [-0.1, -0.05) is 6.92 Å². The average molecular weight is 227 g/mol. The van der Waals surface area contributed by atoms with Crippen LogP contribution < -0.4 is 5.32 Å². The summed E-state index contributed by atoms with van der Waals surface area (Å²) < 4.78 is 0. The fraction of sp³-hybridized carbons (Fsp3) is 0.818. The average Bonchev–Trinajstić information content (AvgIpc) is 2.78. The molecule has 0 aromatic heterocycles. The molecule has 0 aromatic rings. The largest absolute Gasteiger partial charge is 0.355 e. The third-order valence-corrected chi connectivity index (χ3v) is 2.66. The van der Waals surface area contributed by atoms with E-state index in [1.807, 2.05) is 6.92 Å².